The monoisotopic (exact) mass is 360 g/mol. The van der Waals surface area contributed by atoms with E-state index in [1.165, 1.54) is 9.75 Å². The Bertz CT molecular complexity index is 803. The van der Waals surface area contributed by atoms with Crippen molar-refractivity contribution in [2.24, 2.45) is 0 Å². The minimum Gasteiger partial charge on any atom is -0.427 e. The van der Waals surface area contributed by atoms with Gasteiger partial charge in [-0.2, -0.15) is 0 Å². The Morgan fingerprint density at radius 1 is 1.40 bits per heavy atom. The van der Waals surface area contributed by atoms with Crippen molar-refractivity contribution in [2.75, 3.05) is 19.6 Å². The van der Waals surface area contributed by atoms with Crippen LogP contribution in [0.2, 0.25) is 0 Å². The van der Waals surface area contributed by atoms with Gasteiger partial charge in [-0.15, -0.1) is 11.3 Å². The number of nitrogens with one attached hydrogen (secondary N) is 2. The number of hydrogen-bond acceptors (Lipinski definition) is 5. The topological polar surface area (TPSA) is 71.3 Å². The first kappa shape index (κ1) is 17.9. The van der Waals surface area contributed by atoms with Crippen molar-refractivity contribution in [3.05, 3.63) is 55.3 Å². The molecule has 0 radical (unpaired) electrons. The van der Waals surface area contributed by atoms with E-state index in [4.69, 9.17) is 4.42 Å². The van der Waals surface area contributed by atoms with Gasteiger partial charge in [-0.05, 0) is 63.4 Å². The first-order valence-corrected chi connectivity index (χ1v) is 9.55. The molecule has 1 amide bonds. The Kier molecular flexibility index (Phi) is 5.71. The number of carbonyl (C=O) groups excluding carboxylic acids is 1. The van der Waals surface area contributed by atoms with Crippen molar-refractivity contribution < 1.29 is 9.21 Å². The third-order valence-electron chi connectivity index (χ3n) is 4.55. The molecular formula is C19H24N2O3S. The van der Waals surface area contributed by atoms with Crippen LogP contribution in [0.3, 0.4) is 0 Å². The molecule has 2 aromatic heterocycles. The van der Waals surface area contributed by atoms with Crippen LogP contribution in [0.15, 0.2) is 27.4 Å². The first-order chi connectivity index (χ1) is 12.0. The van der Waals surface area contributed by atoms with Crippen LogP contribution in [0.4, 0.5) is 0 Å². The highest BCUT2D eigenvalue weighted by molar-refractivity contribution is 7.11. The van der Waals surface area contributed by atoms with Crippen LogP contribution in [0, 0.1) is 13.8 Å². The zero-order valence-corrected chi connectivity index (χ0v) is 15.5. The molecule has 0 aliphatic carbocycles. The van der Waals surface area contributed by atoms with Crippen LogP contribution in [-0.4, -0.2) is 25.5 Å². The van der Waals surface area contributed by atoms with Gasteiger partial charge in [-0.3, -0.25) is 4.79 Å². The van der Waals surface area contributed by atoms with E-state index in [1.54, 1.807) is 18.3 Å². The average Bonchev–Trinajstić information content (AvgIpc) is 3.00. The number of rotatable bonds is 5. The molecule has 1 aliphatic heterocycles. The Morgan fingerprint density at radius 2 is 2.24 bits per heavy atom. The molecule has 0 bridgehead atoms. The van der Waals surface area contributed by atoms with E-state index in [9.17, 15) is 9.59 Å². The van der Waals surface area contributed by atoms with Gasteiger partial charge in [0.2, 0.25) is 0 Å². The molecule has 1 unspecified atom stereocenters. The van der Waals surface area contributed by atoms with E-state index in [2.05, 4.69) is 29.7 Å². The van der Waals surface area contributed by atoms with Crippen LogP contribution in [0.1, 0.15) is 50.2 Å². The summed E-state index contributed by atoms with van der Waals surface area (Å²) in [5.74, 6) is 0.535. The lowest BCUT2D eigenvalue weighted by Gasteiger charge is -2.22. The summed E-state index contributed by atoms with van der Waals surface area (Å²) in [7, 11) is 0. The fourth-order valence-corrected chi connectivity index (χ4v) is 4.10. The summed E-state index contributed by atoms with van der Waals surface area (Å²) in [4.78, 5) is 27.2. The standard InChI is InChI=1S/C19H24N2O3S/c1-12-10-16(14-4-3-8-20-11-14)24-19(23)17(12)18(22)21-9-7-15-6-5-13(2)25-15/h5-6,10,14,20H,3-4,7-9,11H2,1-2H3,(H,21,22). The lowest BCUT2D eigenvalue weighted by molar-refractivity contribution is 0.0949. The van der Waals surface area contributed by atoms with Crippen LogP contribution in [0.25, 0.3) is 0 Å². The summed E-state index contributed by atoms with van der Waals surface area (Å²) in [5.41, 5.74) is 0.265. The third-order valence-corrected chi connectivity index (χ3v) is 5.61. The number of thiophene rings is 1. The van der Waals surface area contributed by atoms with E-state index in [0.29, 0.717) is 17.9 Å². The van der Waals surface area contributed by atoms with Crippen molar-refractivity contribution in [1.82, 2.24) is 10.6 Å². The van der Waals surface area contributed by atoms with E-state index in [0.717, 1.165) is 32.4 Å². The lowest BCUT2D eigenvalue weighted by Crippen LogP contribution is -2.32. The van der Waals surface area contributed by atoms with Gasteiger partial charge in [-0.25, -0.2) is 4.79 Å². The normalized spacial score (nSPS) is 17.4. The lowest BCUT2D eigenvalue weighted by atomic mass is 9.95. The van der Waals surface area contributed by atoms with Gasteiger partial charge in [0.15, 0.2) is 0 Å². The maximum Gasteiger partial charge on any atom is 0.349 e. The van der Waals surface area contributed by atoms with Gasteiger partial charge in [0.25, 0.3) is 5.91 Å². The smallest absolute Gasteiger partial charge is 0.349 e. The molecule has 1 atom stereocenters. The molecule has 2 N–H and O–H groups in total. The van der Waals surface area contributed by atoms with Crippen LogP contribution in [0.5, 0.6) is 0 Å². The second-order valence-electron chi connectivity index (χ2n) is 6.56. The van der Waals surface area contributed by atoms with Crippen molar-refractivity contribution in [3.63, 3.8) is 0 Å². The average molecular weight is 360 g/mol. The Hall–Kier alpha value is -1.92. The molecule has 25 heavy (non-hydrogen) atoms. The fourth-order valence-electron chi connectivity index (χ4n) is 3.21. The maximum absolute atomic E-state index is 12.4. The quantitative estimate of drug-likeness (QED) is 0.860. The minimum atomic E-state index is -0.537. The molecule has 3 rings (SSSR count). The molecule has 1 saturated heterocycles. The Morgan fingerprint density at radius 3 is 2.88 bits per heavy atom. The van der Waals surface area contributed by atoms with Crippen molar-refractivity contribution in [3.8, 4) is 0 Å². The predicted octanol–water partition coefficient (Wildman–Crippen LogP) is 2.76. The molecular weight excluding hydrogens is 336 g/mol. The predicted molar refractivity (Wildman–Crippen MR) is 99.7 cm³/mol. The number of carbonyl (C=O) groups is 1. The second kappa shape index (κ2) is 7.97. The molecule has 6 heteroatoms. The van der Waals surface area contributed by atoms with E-state index in [1.807, 2.05) is 6.07 Å². The zero-order valence-electron chi connectivity index (χ0n) is 14.7. The summed E-state index contributed by atoms with van der Waals surface area (Å²) >= 11 is 1.72. The van der Waals surface area contributed by atoms with Gasteiger partial charge in [0.05, 0.1) is 0 Å². The Labute approximate surface area is 151 Å². The van der Waals surface area contributed by atoms with Crippen molar-refractivity contribution in [2.45, 2.75) is 39.0 Å². The first-order valence-electron chi connectivity index (χ1n) is 8.73. The molecule has 0 aromatic carbocycles. The largest absolute Gasteiger partial charge is 0.427 e. The van der Waals surface area contributed by atoms with Crippen LogP contribution >= 0.6 is 11.3 Å². The number of aryl methyl sites for hydroxylation is 2. The molecule has 2 aromatic rings. The van der Waals surface area contributed by atoms with Crippen molar-refractivity contribution in [1.29, 1.82) is 0 Å². The fraction of sp³-hybridized carbons (Fsp3) is 0.474. The third kappa shape index (κ3) is 4.38. The zero-order chi connectivity index (χ0) is 17.8. The number of piperidine rings is 1. The van der Waals surface area contributed by atoms with E-state index < -0.39 is 5.63 Å². The van der Waals surface area contributed by atoms with E-state index >= 15 is 0 Å². The molecule has 134 valence electrons. The van der Waals surface area contributed by atoms with Gasteiger partial charge in [-0.1, -0.05) is 0 Å². The summed E-state index contributed by atoms with van der Waals surface area (Å²) in [6.45, 7) is 6.18. The molecule has 5 nitrogen and oxygen atoms in total. The summed E-state index contributed by atoms with van der Waals surface area (Å²) < 4.78 is 5.46. The molecule has 1 aliphatic rings. The van der Waals surface area contributed by atoms with Gasteiger partial charge in [0.1, 0.15) is 11.3 Å². The summed E-state index contributed by atoms with van der Waals surface area (Å²) in [6, 6.07) is 5.98. The van der Waals surface area contributed by atoms with Crippen LogP contribution in [-0.2, 0) is 6.42 Å². The Balaban J connectivity index is 1.66. The SMILES string of the molecule is Cc1ccc(CCNC(=O)c2c(C)cc(C3CCCNC3)oc2=O)s1. The number of hydrogen-bond donors (Lipinski definition) is 2. The van der Waals surface area contributed by atoms with E-state index in [-0.39, 0.29) is 17.4 Å². The van der Waals surface area contributed by atoms with Gasteiger partial charge in [0, 0.05) is 28.8 Å². The molecule has 1 fully saturated rings. The summed E-state index contributed by atoms with van der Waals surface area (Å²) in [6.07, 6.45) is 2.83. The highest BCUT2D eigenvalue weighted by atomic mass is 32.1. The molecule has 0 saturated carbocycles. The maximum atomic E-state index is 12.4. The van der Waals surface area contributed by atoms with Crippen molar-refractivity contribution >= 4 is 17.2 Å². The highest BCUT2D eigenvalue weighted by Gasteiger charge is 2.22. The summed E-state index contributed by atoms with van der Waals surface area (Å²) in [5, 5.41) is 6.15. The highest BCUT2D eigenvalue weighted by Crippen LogP contribution is 2.23. The minimum absolute atomic E-state index is 0.120. The number of amides is 1. The second-order valence-corrected chi connectivity index (χ2v) is 7.93. The molecule has 3 heterocycles. The van der Waals surface area contributed by atoms with Crippen LogP contribution < -0.4 is 16.3 Å². The van der Waals surface area contributed by atoms with Gasteiger partial charge < -0.3 is 15.1 Å². The van der Waals surface area contributed by atoms with Gasteiger partial charge >= 0.3 is 5.63 Å². The molecule has 0 spiro atoms.